The van der Waals surface area contributed by atoms with Gasteiger partial charge in [0.05, 0.1) is 7.11 Å². The van der Waals surface area contributed by atoms with E-state index < -0.39 is 0 Å². The van der Waals surface area contributed by atoms with Crippen molar-refractivity contribution < 1.29 is 9.53 Å². The molecule has 110 valence electrons. The van der Waals surface area contributed by atoms with E-state index >= 15 is 0 Å². The molecule has 0 atom stereocenters. The Morgan fingerprint density at radius 2 is 1.76 bits per heavy atom. The Morgan fingerprint density at radius 3 is 2.29 bits per heavy atom. The van der Waals surface area contributed by atoms with E-state index in [-0.39, 0.29) is 6.03 Å². The predicted molar refractivity (Wildman–Crippen MR) is 85.9 cm³/mol. The molecular formula is C16H19N3O2. The minimum absolute atomic E-state index is 0.188. The maximum absolute atomic E-state index is 12.3. The van der Waals surface area contributed by atoms with Crippen LogP contribution in [0.1, 0.15) is 6.92 Å². The first-order valence-electron chi connectivity index (χ1n) is 6.72. The molecule has 0 saturated heterocycles. The lowest BCUT2D eigenvalue weighted by atomic mass is 10.2. The lowest BCUT2D eigenvalue weighted by molar-refractivity contribution is 0.257. The molecule has 0 radical (unpaired) electrons. The summed E-state index contributed by atoms with van der Waals surface area (Å²) in [7, 11) is 1.60. The van der Waals surface area contributed by atoms with Crippen molar-refractivity contribution in [2.45, 2.75) is 6.92 Å². The summed E-state index contributed by atoms with van der Waals surface area (Å²) in [6.45, 7) is 2.48. The van der Waals surface area contributed by atoms with Gasteiger partial charge in [-0.25, -0.2) is 4.79 Å². The van der Waals surface area contributed by atoms with E-state index in [9.17, 15) is 4.79 Å². The smallest absolute Gasteiger partial charge is 0.326 e. The highest BCUT2D eigenvalue weighted by Gasteiger charge is 2.13. The summed E-state index contributed by atoms with van der Waals surface area (Å²) >= 11 is 0. The number of ether oxygens (including phenoxy) is 1. The summed E-state index contributed by atoms with van der Waals surface area (Å²) < 4.78 is 5.09. The van der Waals surface area contributed by atoms with Crippen LogP contribution in [0.3, 0.4) is 0 Å². The minimum atomic E-state index is -0.188. The van der Waals surface area contributed by atoms with Gasteiger partial charge in [-0.3, -0.25) is 4.90 Å². The second-order valence-electron chi connectivity index (χ2n) is 4.49. The highest BCUT2D eigenvalue weighted by Crippen LogP contribution is 2.19. The van der Waals surface area contributed by atoms with E-state index in [1.807, 2.05) is 19.1 Å². The third kappa shape index (κ3) is 3.66. The van der Waals surface area contributed by atoms with Gasteiger partial charge in [0, 0.05) is 23.6 Å². The van der Waals surface area contributed by atoms with Gasteiger partial charge in [0.15, 0.2) is 0 Å². The van der Waals surface area contributed by atoms with Gasteiger partial charge >= 0.3 is 6.03 Å². The molecule has 0 unspecified atom stereocenters. The Hall–Kier alpha value is -2.69. The number of anilines is 3. The van der Waals surface area contributed by atoms with Crippen molar-refractivity contribution >= 4 is 23.1 Å². The molecule has 0 aliphatic heterocycles. The first-order chi connectivity index (χ1) is 10.1. The quantitative estimate of drug-likeness (QED) is 0.847. The molecule has 5 heteroatoms. The summed E-state index contributed by atoms with van der Waals surface area (Å²) in [5.41, 5.74) is 7.86. The van der Waals surface area contributed by atoms with Crippen LogP contribution in [0.2, 0.25) is 0 Å². The van der Waals surface area contributed by atoms with Gasteiger partial charge in [-0.15, -0.1) is 0 Å². The van der Waals surface area contributed by atoms with Crippen molar-refractivity contribution in [3.05, 3.63) is 48.5 Å². The van der Waals surface area contributed by atoms with Crippen LogP contribution in [-0.2, 0) is 0 Å². The number of nitrogens with one attached hydrogen (secondary N) is 1. The lowest BCUT2D eigenvalue weighted by Gasteiger charge is -2.21. The zero-order chi connectivity index (χ0) is 15.2. The Kier molecular flexibility index (Phi) is 4.66. The summed E-state index contributed by atoms with van der Waals surface area (Å²) in [6, 6.07) is 14.2. The number of nitrogens with two attached hydrogens (primary N) is 1. The molecule has 2 rings (SSSR count). The molecule has 2 aromatic rings. The highest BCUT2D eigenvalue weighted by atomic mass is 16.5. The SMILES string of the molecule is CCN(C(=O)Nc1ccc(OC)cc1)c1ccc(N)cc1. The summed E-state index contributed by atoms with van der Waals surface area (Å²) in [5, 5.41) is 2.86. The van der Waals surface area contributed by atoms with Gasteiger partial charge in [0.25, 0.3) is 0 Å². The first-order valence-corrected chi connectivity index (χ1v) is 6.72. The molecule has 0 aliphatic rings. The molecule has 2 aromatic carbocycles. The molecule has 0 heterocycles. The van der Waals surface area contributed by atoms with Crippen LogP contribution in [-0.4, -0.2) is 19.7 Å². The van der Waals surface area contributed by atoms with Crippen LogP contribution in [0, 0.1) is 0 Å². The number of benzene rings is 2. The maximum Gasteiger partial charge on any atom is 0.326 e. The number of nitrogens with zero attached hydrogens (tertiary/aromatic N) is 1. The van der Waals surface area contributed by atoms with Crippen molar-refractivity contribution in [2.24, 2.45) is 0 Å². The zero-order valence-electron chi connectivity index (χ0n) is 12.2. The van der Waals surface area contributed by atoms with Gasteiger partial charge < -0.3 is 15.8 Å². The number of carbonyl (C=O) groups is 1. The third-order valence-electron chi connectivity index (χ3n) is 3.11. The fourth-order valence-corrected chi connectivity index (χ4v) is 1.96. The molecule has 21 heavy (non-hydrogen) atoms. The van der Waals surface area contributed by atoms with Gasteiger partial charge in [-0.1, -0.05) is 0 Å². The van der Waals surface area contributed by atoms with Crippen LogP contribution in [0.4, 0.5) is 21.9 Å². The number of amides is 2. The lowest BCUT2D eigenvalue weighted by Crippen LogP contribution is -2.34. The fraction of sp³-hybridized carbons (Fsp3) is 0.188. The number of methoxy groups -OCH3 is 1. The van der Waals surface area contributed by atoms with Gasteiger partial charge in [-0.2, -0.15) is 0 Å². The minimum Gasteiger partial charge on any atom is -0.497 e. The van der Waals surface area contributed by atoms with Crippen molar-refractivity contribution in [1.29, 1.82) is 0 Å². The molecule has 0 bridgehead atoms. The Bertz CT molecular complexity index is 594. The Balaban J connectivity index is 2.10. The number of nitrogen functional groups attached to an aromatic ring is 1. The van der Waals surface area contributed by atoms with E-state index in [4.69, 9.17) is 10.5 Å². The summed E-state index contributed by atoms with van der Waals surface area (Å²) in [4.78, 5) is 14.0. The normalized spacial score (nSPS) is 10.0. The largest absolute Gasteiger partial charge is 0.497 e. The number of carbonyl (C=O) groups excluding carboxylic acids is 1. The molecule has 3 N–H and O–H groups in total. The molecule has 0 spiro atoms. The topological polar surface area (TPSA) is 67.6 Å². The van der Waals surface area contributed by atoms with Crippen LogP contribution in [0.5, 0.6) is 5.75 Å². The van der Waals surface area contributed by atoms with Crippen molar-refractivity contribution in [1.82, 2.24) is 0 Å². The average Bonchev–Trinajstić information content (AvgIpc) is 2.50. The summed E-state index contributed by atoms with van der Waals surface area (Å²) in [5.74, 6) is 0.749. The molecular weight excluding hydrogens is 266 g/mol. The first kappa shape index (κ1) is 14.7. The molecule has 0 aliphatic carbocycles. The van der Waals surface area contributed by atoms with Gasteiger partial charge in [0.2, 0.25) is 0 Å². The average molecular weight is 285 g/mol. The van der Waals surface area contributed by atoms with Crippen molar-refractivity contribution in [3.8, 4) is 5.75 Å². The second-order valence-corrected chi connectivity index (χ2v) is 4.49. The molecule has 2 amide bonds. The number of hydrogen-bond acceptors (Lipinski definition) is 3. The zero-order valence-corrected chi connectivity index (χ0v) is 12.2. The van der Waals surface area contributed by atoms with Crippen molar-refractivity contribution in [3.63, 3.8) is 0 Å². The van der Waals surface area contributed by atoms with Crippen LogP contribution in [0.25, 0.3) is 0 Å². The fourth-order valence-electron chi connectivity index (χ4n) is 1.96. The molecule has 5 nitrogen and oxygen atoms in total. The van der Waals surface area contributed by atoms with E-state index in [2.05, 4.69) is 5.32 Å². The van der Waals surface area contributed by atoms with Crippen molar-refractivity contribution in [2.75, 3.05) is 29.6 Å². The molecule has 0 fully saturated rings. The maximum atomic E-state index is 12.3. The number of hydrogen-bond donors (Lipinski definition) is 2. The predicted octanol–water partition coefficient (Wildman–Crippen LogP) is 3.34. The van der Waals surface area contributed by atoms with E-state index in [0.717, 1.165) is 17.1 Å². The van der Waals surface area contributed by atoms with E-state index in [1.54, 1.807) is 48.4 Å². The number of rotatable bonds is 4. The third-order valence-corrected chi connectivity index (χ3v) is 3.11. The second kappa shape index (κ2) is 6.65. The van der Waals surface area contributed by atoms with Gasteiger partial charge in [-0.05, 0) is 55.5 Å². The van der Waals surface area contributed by atoms with E-state index in [0.29, 0.717) is 12.2 Å². The van der Waals surface area contributed by atoms with Gasteiger partial charge in [0.1, 0.15) is 5.75 Å². The van der Waals surface area contributed by atoms with Crippen LogP contribution < -0.4 is 20.7 Å². The Labute approximate surface area is 124 Å². The van der Waals surface area contributed by atoms with Crippen LogP contribution in [0.15, 0.2) is 48.5 Å². The summed E-state index contributed by atoms with van der Waals surface area (Å²) in [6.07, 6.45) is 0. The van der Waals surface area contributed by atoms with Crippen LogP contribution >= 0.6 is 0 Å². The Morgan fingerprint density at radius 1 is 1.14 bits per heavy atom. The highest BCUT2D eigenvalue weighted by molar-refractivity contribution is 6.01. The monoisotopic (exact) mass is 285 g/mol. The number of urea groups is 1. The standard InChI is InChI=1S/C16H19N3O2/c1-3-19(14-8-4-12(17)5-9-14)16(20)18-13-6-10-15(21-2)11-7-13/h4-11H,3,17H2,1-2H3,(H,18,20). The molecule has 0 saturated carbocycles. The molecule has 0 aromatic heterocycles. The van der Waals surface area contributed by atoms with E-state index in [1.165, 1.54) is 0 Å².